The lowest BCUT2D eigenvalue weighted by Crippen LogP contribution is -2.41. The Morgan fingerprint density at radius 2 is 1.88 bits per heavy atom. The number of fused-ring (bicyclic) bond motifs is 1. The quantitative estimate of drug-likeness (QED) is 0.418. The smallest absolute Gasteiger partial charge is 0.257 e. The van der Waals surface area contributed by atoms with Crippen molar-refractivity contribution < 1.29 is 9.32 Å². The number of nitrogens with zero attached hydrogens (tertiary/aromatic N) is 3. The van der Waals surface area contributed by atoms with E-state index in [9.17, 15) is 4.79 Å². The van der Waals surface area contributed by atoms with Gasteiger partial charge in [-0.3, -0.25) is 9.69 Å². The van der Waals surface area contributed by atoms with Gasteiger partial charge in [0.15, 0.2) is 0 Å². The summed E-state index contributed by atoms with van der Waals surface area (Å²) >= 11 is 6.38. The van der Waals surface area contributed by atoms with Gasteiger partial charge in [0, 0.05) is 44.1 Å². The Bertz CT molecular complexity index is 1330. The first kappa shape index (κ1) is 22.4. The molecule has 2 aromatic carbocycles. The number of hydrogen-bond acceptors (Lipinski definition) is 4. The van der Waals surface area contributed by atoms with Crippen LogP contribution in [0.4, 0.5) is 0 Å². The van der Waals surface area contributed by atoms with Crippen molar-refractivity contribution in [2.45, 2.75) is 25.9 Å². The van der Waals surface area contributed by atoms with E-state index in [4.69, 9.17) is 16.1 Å². The number of nitrogens with one attached hydrogen (secondary N) is 1. The monoisotopic (exact) mass is 474 g/mol. The van der Waals surface area contributed by atoms with Crippen LogP contribution < -0.4 is 5.32 Å². The zero-order chi connectivity index (χ0) is 23.7. The lowest BCUT2D eigenvalue weighted by molar-refractivity contribution is 0.0924. The van der Waals surface area contributed by atoms with Gasteiger partial charge in [-0.25, -0.2) is 0 Å². The molecule has 2 aromatic heterocycles. The van der Waals surface area contributed by atoms with E-state index in [2.05, 4.69) is 50.3 Å². The molecule has 0 saturated carbocycles. The highest BCUT2D eigenvalue weighted by molar-refractivity contribution is 6.33. The molecule has 0 saturated heterocycles. The third-order valence-electron chi connectivity index (χ3n) is 6.60. The first-order valence-electron chi connectivity index (χ1n) is 11.4. The Kier molecular flexibility index (Phi) is 6.26. The molecule has 3 heterocycles. The van der Waals surface area contributed by atoms with Gasteiger partial charge in [0.25, 0.3) is 5.91 Å². The molecule has 174 valence electrons. The molecule has 0 radical (unpaired) electrons. The second-order valence-corrected chi connectivity index (χ2v) is 9.11. The van der Waals surface area contributed by atoms with E-state index in [0.29, 0.717) is 34.1 Å². The number of carbonyl (C=O) groups is 1. The number of benzene rings is 2. The second-order valence-electron chi connectivity index (χ2n) is 8.70. The van der Waals surface area contributed by atoms with Crippen LogP contribution in [0.2, 0.25) is 5.02 Å². The summed E-state index contributed by atoms with van der Waals surface area (Å²) in [6, 6.07) is 20.1. The summed E-state index contributed by atoms with van der Waals surface area (Å²) in [5.74, 6) is 0.250. The Morgan fingerprint density at radius 3 is 2.65 bits per heavy atom. The molecule has 6 nitrogen and oxygen atoms in total. The van der Waals surface area contributed by atoms with Crippen LogP contribution in [-0.2, 0) is 20.0 Å². The van der Waals surface area contributed by atoms with E-state index in [1.807, 2.05) is 37.5 Å². The molecule has 1 unspecified atom stereocenters. The maximum atomic E-state index is 13.4. The highest BCUT2D eigenvalue weighted by Gasteiger charge is 2.28. The van der Waals surface area contributed by atoms with Gasteiger partial charge in [0.2, 0.25) is 0 Å². The molecular formula is C27H27ClN4O2. The molecule has 1 atom stereocenters. The lowest BCUT2D eigenvalue weighted by atomic mass is 9.97. The Labute approximate surface area is 204 Å². The fourth-order valence-corrected chi connectivity index (χ4v) is 5.00. The van der Waals surface area contributed by atoms with Crippen molar-refractivity contribution in [1.82, 2.24) is 19.9 Å². The van der Waals surface area contributed by atoms with Crippen molar-refractivity contribution in [3.05, 3.63) is 100 Å². The second kappa shape index (κ2) is 9.49. The lowest BCUT2D eigenvalue weighted by Gasteiger charge is -2.36. The summed E-state index contributed by atoms with van der Waals surface area (Å²) in [5, 5.41) is 7.82. The number of rotatable bonds is 6. The summed E-state index contributed by atoms with van der Waals surface area (Å²) in [4.78, 5) is 15.8. The summed E-state index contributed by atoms with van der Waals surface area (Å²) in [6.45, 7) is 3.99. The van der Waals surface area contributed by atoms with Crippen molar-refractivity contribution in [3.8, 4) is 11.3 Å². The minimum atomic E-state index is -0.217. The number of amides is 1. The molecule has 0 bridgehead atoms. The maximum absolute atomic E-state index is 13.4. The van der Waals surface area contributed by atoms with Crippen LogP contribution in [0.5, 0.6) is 0 Å². The highest BCUT2D eigenvalue weighted by Crippen LogP contribution is 2.32. The van der Waals surface area contributed by atoms with E-state index in [-0.39, 0.29) is 11.9 Å². The first-order valence-corrected chi connectivity index (χ1v) is 11.8. The fourth-order valence-electron chi connectivity index (χ4n) is 4.78. The van der Waals surface area contributed by atoms with Crippen molar-refractivity contribution in [3.63, 3.8) is 0 Å². The minimum Gasteiger partial charge on any atom is -0.360 e. The first-order chi connectivity index (χ1) is 16.5. The number of halogens is 1. The minimum absolute atomic E-state index is 0.0289. The topological polar surface area (TPSA) is 63.3 Å². The van der Waals surface area contributed by atoms with E-state index in [1.54, 1.807) is 13.0 Å². The molecular weight excluding hydrogens is 448 g/mol. The van der Waals surface area contributed by atoms with Crippen molar-refractivity contribution in [2.75, 3.05) is 13.1 Å². The predicted molar refractivity (Wildman–Crippen MR) is 133 cm³/mol. The molecule has 1 N–H and O–H groups in total. The molecule has 1 amide bonds. The fraction of sp³-hybridized carbons (Fsp3) is 0.259. The van der Waals surface area contributed by atoms with E-state index < -0.39 is 0 Å². The summed E-state index contributed by atoms with van der Waals surface area (Å²) in [6.07, 6.45) is 3.04. The standard InChI is InChI=1S/C27H27ClN4O2/c1-18-25(26(30-34-18)21-10-5-6-11-22(21)28)27(33)29-16-24(23-12-7-14-31(23)2)32-15-13-19-8-3-4-9-20(19)17-32/h3-12,14,24H,13,15-17H2,1-2H3,(H,29,33). The Balaban J connectivity index is 1.40. The molecule has 0 aliphatic carbocycles. The molecule has 0 fully saturated rings. The van der Waals surface area contributed by atoms with Gasteiger partial charge in [-0.2, -0.15) is 0 Å². The summed E-state index contributed by atoms with van der Waals surface area (Å²) in [5.41, 5.74) is 5.46. The van der Waals surface area contributed by atoms with Crippen LogP contribution in [0.1, 0.15) is 39.0 Å². The molecule has 5 rings (SSSR count). The van der Waals surface area contributed by atoms with E-state index in [0.717, 1.165) is 25.2 Å². The van der Waals surface area contributed by atoms with Crippen molar-refractivity contribution in [2.24, 2.45) is 7.05 Å². The van der Waals surface area contributed by atoms with Gasteiger partial charge in [-0.05, 0) is 42.7 Å². The Hall–Kier alpha value is -3.35. The van der Waals surface area contributed by atoms with Gasteiger partial charge < -0.3 is 14.4 Å². The number of carbonyl (C=O) groups excluding carboxylic acids is 1. The zero-order valence-corrected chi connectivity index (χ0v) is 20.0. The van der Waals surface area contributed by atoms with Crippen LogP contribution in [0.3, 0.4) is 0 Å². The van der Waals surface area contributed by atoms with Gasteiger partial charge in [0.1, 0.15) is 17.0 Å². The van der Waals surface area contributed by atoms with Crippen LogP contribution in [0.15, 0.2) is 71.4 Å². The third-order valence-corrected chi connectivity index (χ3v) is 6.93. The average molecular weight is 475 g/mol. The average Bonchev–Trinajstić information content (AvgIpc) is 3.44. The maximum Gasteiger partial charge on any atom is 0.257 e. The van der Waals surface area contributed by atoms with Crippen LogP contribution in [0, 0.1) is 6.92 Å². The molecule has 34 heavy (non-hydrogen) atoms. The van der Waals surface area contributed by atoms with Crippen molar-refractivity contribution in [1.29, 1.82) is 0 Å². The van der Waals surface area contributed by atoms with Crippen LogP contribution >= 0.6 is 11.6 Å². The van der Waals surface area contributed by atoms with Gasteiger partial charge in [-0.1, -0.05) is 59.2 Å². The predicted octanol–water partition coefficient (Wildman–Crippen LogP) is 5.17. The zero-order valence-electron chi connectivity index (χ0n) is 19.3. The number of aryl methyl sites for hydroxylation is 2. The molecule has 1 aliphatic rings. The molecule has 7 heteroatoms. The number of aromatic nitrogens is 2. The molecule has 0 spiro atoms. The van der Waals surface area contributed by atoms with Crippen molar-refractivity contribution >= 4 is 17.5 Å². The van der Waals surface area contributed by atoms with E-state index >= 15 is 0 Å². The van der Waals surface area contributed by atoms with Gasteiger partial charge in [-0.15, -0.1) is 0 Å². The SMILES string of the molecule is Cc1onc(-c2ccccc2Cl)c1C(=O)NCC(c1cccn1C)N1CCc2ccccc2C1. The van der Waals surface area contributed by atoms with Crippen LogP contribution in [0.25, 0.3) is 11.3 Å². The largest absolute Gasteiger partial charge is 0.360 e. The normalized spacial score (nSPS) is 14.6. The van der Waals surface area contributed by atoms with Gasteiger partial charge >= 0.3 is 0 Å². The van der Waals surface area contributed by atoms with E-state index in [1.165, 1.54) is 11.1 Å². The third kappa shape index (κ3) is 4.27. The number of hydrogen-bond donors (Lipinski definition) is 1. The van der Waals surface area contributed by atoms with Gasteiger partial charge in [0.05, 0.1) is 11.1 Å². The molecule has 1 aliphatic heterocycles. The summed E-state index contributed by atoms with van der Waals surface area (Å²) in [7, 11) is 2.04. The summed E-state index contributed by atoms with van der Waals surface area (Å²) < 4.78 is 7.52. The highest BCUT2D eigenvalue weighted by atomic mass is 35.5. The molecule has 4 aromatic rings. The Morgan fingerprint density at radius 1 is 1.12 bits per heavy atom. The van der Waals surface area contributed by atoms with Crippen LogP contribution in [-0.4, -0.2) is 33.6 Å².